The van der Waals surface area contributed by atoms with Crippen LogP contribution >= 0.6 is 11.8 Å². The van der Waals surface area contributed by atoms with Crippen LogP contribution in [0.1, 0.15) is 32.6 Å². The monoisotopic (exact) mass is 402 g/mol. The zero-order valence-corrected chi connectivity index (χ0v) is 17.6. The lowest BCUT2D eigenvalue weighted by Gasteiger charge is -2.32. The molecule has 1 amide bonds. The smallest absolute Gasteiger partial charge is 0.293 e. The Balaban J connectivity index is 1.63. The standard InChI is InChI=1S/C21H30N4O2S/c1-3-13-28-14-7-11-22-20(26)16-8-6-12-25(15-16)19-21(27)24(2)18-10-5-4-9-17(18)23-19/h4-5,9-10,16H,3,6-8,11-15H2,1-2H3,(H,22,26)/t16-/m1/s1. The molecule has 0 bridgehead atoms. The second-order valence-electron chi connectivity index (χ2n) is 7.33. The van der Waals surface area contributed by atoms with E-state index in [1.807, 2.05) is 40.9 Å². The molecule has 3 rings (SSSR count). The van der Waals surface area contributed by atoms with E-state index in [1.54, 1.807) is 11.6 Å². The van der Waals surface area contributed by atoms with E-state index >= 15 is 0 Å². The summed E-state index contributed by atoms with van der Waals surface area (Å²) in [6.45, 7) is 4.22. The number of fused-ring (bicyclic) bond motifs is 1. The Morgan fingerprint density at radius 3 is 2.96 bits per heavy atom. The van der Waals surface area contributed by atoms with E-state index < -0.39 is 0 Å². The summed E-state index contributed by atoms with van der Waals surface area (Å²) in [7, 11) is 1.78. The molecule has 1 atom stereocenters. The number of rotatable bonds is 8. The van der Waals surface area contributed by atoms with Crippen LogP contribution in [-0.4, -0.2) is 46.6 Å². The van der Waals surface area contributed by atoms with Gasteiger partial charge in [0.05, 0.1) is 17.0 Å². The van der Waals surface area contributed by atoms with Crippen molar-refractivity contribution in [2.45, 2.75) is 32.6 Å². The molecule has 1 saturated heterocycles. The van der Waals surface area contributed by atoms with Crippen molar-refractivity contribution in [3.8, 4) is 0 Å². The van der Waals surface area contributed by atoms with Crippen molar-refractivity contribution in [2.75, 3.05) is 36.0 Å². The molecule has 0 aliphatic carbocycles. The Morgan fingerprint density at radius 1 is 1.32 bits per heavy atom. The number of nitrogens with zero attached hydrogens (tertiary/aromatic N) is 3. The molecule has 1 N–H and O–H groups in total. The van der Waals surface area contributed by atoms with Crippen molar-refractivity contribution in [1.82, 2.24) is 14.9 Å². The summed E-state index contributed by atoms with van der Waals surface area (Å²) in [4.78, 5) is 32.0. The minimum atomic E-state index is -0.104. The molecule has 1 aliphatic heterocycles. The number of hydrogen-bond acceptors (Lipinski definition) is 5. The van der Waals surface area contributed by atoms with Gasteiger partial charge in [-0.05, 0) is 49.3 Å². The van der Waals surface area contributed by atoms with E-state index in [2.05, 4.69) is 17.2 Å². The molecule has 152 valence electrons. The molecule has 1 aromatic heterocycles. The van der Waals surface area contributed by atoms with E-state index in [-0.39, 0.29) is 17.4 Å². The molecule has 6 nitrogen and oxygen atoms in total. The number of carbonyl (C=O) groups is 1. The SMILES string of the molecule is CCCSCCCNC(=O)[C@@H]1CCCN(c2nc3ccccc3n(C)c2=O)C1. The van der Waals surface area contributed by atoms with Gasteiger partial charge in [0.15, 0.2) is 5.82 Å². The molecular formula is C21H30N4O2S. The molecule has 7 heteroatoms. The minimum absolute atomic E-state index is 0.0879. The highest BCUT2D eigenvalue weighted by atomic mass is 32.2. The number of anilines is 1. The van der Waals surface area contributed by atoms with Crippen LogP contribution < -0.4 is 15.8 Å². The van der Waals surface area contributed by atoms with Crippen LogP contribution in [-0.2, 0) is 11.8 Å². The van der Waals surface area contributed by atoms with Crippen molar-refractivity contribution in [2.24, 2.45) is 13.0 Å². The maximum atomic E-state index is 12.8. The third-order valence-corrected chi connectivity index (χ3v) is 6.44. The van der Waals surface area contributed by atoms with Crippen LogP contribution in [0.25, 0.3) is 11.0 Å². The zero-order valence-electron chi connectivity index (χ0n) is 16.8. The number of hydrogen-bond donors (Lipinski definition) is 1. The van der Waals surface area contributed by atoms with Gasteiger partial charge < -0.3 is 14.8 Å². The van der Waals surface area contributed by atoms with Crippen molar-refractivity contribution in [3.63, 3.8) is 0 Å². The van der Waals surface area contributed by atoms with Gasteiger partial charge in [0.25, 0.3) is 5.56 Å². The lowest BCUT2D eigenvalue weighted by molar-refractivity contribution is -0.125. The summed E-state index contributed by atoms with van der Waals surface area (Å²) in [5.74, 6) is 2.73. The molecule has 0 spiro atoms. The van der Waals surface area contributed by atoms with Crippen LogP contribution in [0.4, 0.5) is 5.82 Å². The van der Waals surface area contributed by atoms with Gasteiger partial charge in [-0.25, -0.2) is 4.98 Å². The summed E-state index contributed by atoms with van der Waals surface area (Å²) in [6.07, 6.45) is 3.94. The molecule has 1 aliphatic rings. The third kappa shape index (κ3) is 4.87. The lowest BCUT2D eigenvalue weighted by atomic mass is 9.97. The van der Waals surface area contributed by atoms with Crippen LogP contribution in [0.15, 0.2) is 29.1 Å². The average Bonchev–Trinajstić information content (AvgIpc) is 2.73. The minimum Gasteiger partial charge on any atom is -0.356 e. The second kappa shape index (κ2) is 9.96. The Kier molecular flexibility index (Phi) is 7.36. The first-order chi connectivity index (χ1) is 13.6. The number of piperidine rings is 1. The summed E-state index contributed by atoms with van der Waals surface area (Å²) >= 11 is 1.94. The highest BCUT2D eigenvalue weighted by Crippen LogP contribution is 2.21. The number of benzene rings is 1. The van der Waals surface area contributed by atoms with E-state index in [0.29, 0.717) is 12.4 Å². The molecule has 0 radical (unpaired) electrons. The van der Waals surface area contributed by atoms with Crippen LogP contribution in [0, 0.1) is 5.92 Å². The molecule has 1 fully saturated rings. The molecular weight excluding hydrogens is 372 g/mol. The quantitative estimate of drug-likeness (QED) is 0.688. The first-order valence-corrected chi connectivity index (χ1v) is 11.3. The highest BCUT2D eigenvalue weighted by Gasteiger charge is 2.28. The van der Waals surface area contributed by atoms with Gasteiger partial charge in [-0.2, -0.15) is 11.8 Å². The average molecular weight is 403 g/mol. The Labute approximate surface area is 170 Å². The molecule has 0 unspecified atom stereocenters. The number of amides is 1. The molecule has 0 saturated carbocycles. The van der Waals surface area contributed by atoms with Gasteiger partial charge in [-0.1, -0.05) is 19.1 Å². The highest BCUT2D eigenvalue weighted by molar-refractivity contribution is 7.99. The van der Waals surface area contributed by atoms with Gasteiger partial charge in [0, 0.05) is 26.7 Å². The summed E-state index contributed by atoms with van der Waals surface area (Å²) in [5, 5.41) is 3.07. The zero-order chi connectivity index (χ0) is 19.9. The number of nitrogens with one attached hydrogen (secondary N) is 1. The Hall–Kier alpha value is -2.02. The predicted octanol–water partition coefficient (Wildman–Crippen LogP) is 2.80. The summed E-state index contributed by atoms with van der Waals surface area (Å²) in [5.41, 5.74) is 1.52. The lowest BCUT2D eigenvalue weighted by Crippen LogP contribution is -2.45. The largest absolute Gasteiger partial charge is 0.356 e. The Morgan fingerprint density at radius 2 is 2.14 bits per heavy atom. The van der Waals surface area contributed by atoms with E-state index in [1.165, 1.54) is 12.2 Å². The number of para-hydroxylation sites is 2. The molecule has 2 heterocycles. The fourth-order valence-corrected chi connectivity index (χ4v) is 4.47. The van der Waals surface area contributed by atoms with Gasteiger partial charge in [0.1, 0.15) is 0 Å². The number of thioether (sulfide) groups is 1. The molecule has 1 aromatic carbocycles. The van der Waals surface area contributed by atoms with Crippen molar-refractivity contribution in [3.05, 3.63) is 34.6 Å². The molecule has 28 heavy (non-hydrogen) atoms. The third-order valence-electron chi connectivity index (χ3n) is 5.17. The van der Waals surface area contributed by atoms with Crippen LogP contribution in [0.5, 0.6) is 0 Å². The van der Waals surface area contributed by atoms with E-state index in [0.717, 1.165) is 49.1 Å². The van der Waals surface area contributed by atoms with Crippen LogP contribution in [0.3, 0.4) is 0 Å². The molecule has 2 aromatic rings. The first-order valence-electron chi connectivity index (χ1n) is 10.2. The fourth-order valence-electron chi connectivity index (χ4n) is 3.63. The van der Waals surface area contributed by atoms with Crippen LogP contribution in [0.2, 0.25) is 0 Å². The maximum absolute atomic E-state index is 12.8. The van der Waals surface area contributed by atoms with Crippen molar-refractivity contribution < 1.29 is 4.79 Å². The van der Waals surface area contributed by atoms with Gasteiger partial charge in [-0.3, -0.25) is 9.59 Å². The van der Waals surface area contributed by atoms with E-state index in [4.69, 9.17) is 0 Å². The number of carbonyl (C=O) groups excluding carboxylic acids is 1. The van der Waals surface area contributed by atoms with Crippen molar-refractivity contribution in [1.29, 1.82) is 0 Å². The predicted molar refractivity (Wildman–Crippen MR) is 117 cm³/mol. The van der Waals surface area contributed by atoms with Gasteiger partial charge in [0.2, 0.25) is 5.91 Å². The van der Waals surface area contributed by atoms with E-state index in [9.17, 15) is 9.59 Å². The number of aromatic nitrogens is 2. The van der Waals surface area contributed by atoms with Gasteiger partial charge >= 0.3 is 0 Å². The number of aryl methyl sites for hydroxylation is 1. The van der Waals surface area contributed by atoms with Crippen molar-refractivity contribution >= 4 is 34.5 Å². The summed E-state index contributed by atoms with van der Waals surface area (Å²) < 4.78 is 1.65. The maximum Gasteiger partial charge on any atom is 0.293 e. The van der Waals surface area contributed by atoms with Gasteiger partial charge in [-0.15, -0.1) is 0 Å². The second-order valence-corrected chi connectivity index (χ2v) is 8.56. The fraction of sp³-hybridized carbons (Fsp3) is 0.571. The first kappa shape index (κ1) is 20.7. The Bertz CT molecular complexity index is 867. The normalized spacial score (nSPS) is 17.1. The topological polar surface area (TPSA) is 67.2 Å². The summed E-state index contributed by atoms with van der Waals surface area (Å²) in [6, 6.07) is 7.65.